The minimum absolute atomic E-state index is 0.0546. The molecule has 114 valence electrons. The van der Waals surface area contributed by atoms with Crippen LogP contribution in [0.3, 0.4) is 0 Å². The molecule has 0 N–H and O–H groups in total. The average Bonchev–Trinajstić information content (AvgIpc) is 2.96. The molecule has 1 spiro atoms. The number of likely N-dealkylation sites (tertiary alicyclic amines) is 2. The number of piperidine rings is 2. The Balaban J connectivity index is 1.75. The summed E-state index contributed by atoms with van der Waals surface area (Å²) < 4.78 is 0. The van der Waals surface area contributed by atoms with E-state index in [0.717, 1.165) is 38.9 Å². The molecule has 4 heteroatoms. The molecule has 0 unspecified atom stereocenters. The molecule has 0 radical (unpaired) electrons. The molecule has 3 nitrogen and oxygen atoms in total. The fraction of sp³-hybridized carbons (Fsp3) is 0.588. The number of amides is 1. The van der Waals surface area contributed by atoms with E-state index in [9.17, 15) is 4.79 Å². The number of hydrogen-bond acceptors (Lipinski definition) is 3. The maximum atomic E-state index is 12.3. The zero-order valence-corrected chi connectivity index (χ0v) is 13.4. The van der Waals surface area contributed by atoms with Crippen molar-refractivity contribution in [3.8, 4) is 0 Å². The topological polar surface area (TPSA) is 23.6 Å². The van der Waals surface area contributed by atoms with Gasteiger partial charge in [0.2, 0.25) is 5.91 Å². The number of nitrogens with zero attached hydrogens (tertiary/aromatic N) is 2. The Morgan fingerprint density at radius 2 is 2.24 bits per heavy atom. The Morgan fingerprint density at radius 3 is 3.00 bits per heavy atom. The lowest BCUT2D eigenvalue weighted by molar-refractivity contribution is -0.144. The first-order valence-electron chi connectivity index (χ1n) is 7.90. The molecule has 2 saturated heterocycles. The van der Waals surface area contributed by atoms with Crippen molar-refractivity contribution in [1.29, 1.82) is 0 Å². The second kappa shape index (κ2) is 6.32. The molecule has 0 saturated carbocycles. The first-order valence-corrected chi connectivity index (χ1v) is 8.78. The molecular formula is C17H24N2OS. The highest BCUT2D eigenvalue weighted by Gasteiger charge is 2.44. The third kappa shape index (κ3) is 3.06. The Bertz CT molecular complexity index is 495. The Morgan fingerprint density at radius 1 is 1.38 bits per heavy atom. The van der Waals surface area contributed by atoms with Crippen molar-refractivity contribution >= 4 is 17.2 Å². The third-order valence-electron chi connectivity index (χ3n) is 4.81. The number of carbonyl (C=O) groups is 1. The molecular weight excluding hydrogens is 280 g/mol. The summed E-state index contributed by atoms with van der Waals surface area (Å²) in [5.74, 6) is 0.319. The fourth-order valence-corrected chi connectivity index (χ4v) is 4.66. The van der Waals surface area contributed by atoms with Gasteiger partial charge < -0.3 is 4.90 Å². The van der Waals surface area contributed by atoms with Gasteiger partial charge in [-0.2, -0.15) is 0 Å². The fourth-order valence-electron chi connectivity index (χ4n) is 3.92. The van der Waals surface area contributed by atoms with Crippen molar-refractivity contribution in [2.45, 2.75) is 44.2 Å². The number of hydrogen-bond donors (Lipinski definition) is 0. The van der Waals surface area contributed by atoms with Gasteiger partial charge in [-0.15, -0.1) is 17.9 Å². The SMILES string of the molecule is C=CCN1C(=O)CCC[C@@]12CCCN(Cc1cccs1)C2. The Labute approximate surface area is 131 Å². The monoisotopic (exact) mass is 304 g/mol. The summed E-state index contributed by atoms with van der Waals surface area (Å²) in [7, 11) is 0. The van der Waals surface area contributed by atoms with Crippen molar-refractivity contribution in [3.63, 3.8) is 0 Å². The quantitative estimate of drug-likeness (QED) is 0.797. The molecule has 1 aromatic heterocycles. The van der Waals surface area contributed by atoms with Gasteiger partial charge in [-0.1, -0.05) is 12.1 Å². The van der Waals surface area contributed by atoms with Crippen LogP contribution in [0.4, 0.5) is 0 Å². The highest BCUT2D eigenvalue weighted by atomic mass is 32.1. The van der Waals surface area contributed by atoms with Gasteiger partial charge in [0.1, 0.15) is 0 Å². The van der Waals surface area contributed by atoms with Crippen molar-refractivity contribution in [3.05, 3.63) is 35.0 Å². The molecule has 2 aliphatic heterocycles. The number of carbonyl (C=O) groups excluding carboxylic acids is 1. The van der Waals surface area contributed by atoms with Gasteiger partial charge in [0, 0.05) is 30.9 Å². The van der Waals surface area contributed by atoms with Crippen molar-refractivity contribution < 1.29 is 4.79 Å². The van der Waals surface area contributed by atoms with Crippen LogP contribution in [-0.2, 0) is 11.3 Å². The zero-order valence-electron chi connectivity index (χ0n) is 12.6. The first kappa shape index (κ1) is 14.8. The number of rotatable bonds is 4. The van der Waals surface area contributed by atoms with Crippen molar-refractivity contribution in [2.24, 2.45) is 0 Å². The smallest absolute Gasteiger partial charge is 0.223 e. The molecule has 2 fully saturated rings. The Hall–Kier alpha value is -1.13. The van der Waals surface area contributed by atoms with Gasteiger partial charge in [0.25, 0.3) is 0 Å². The van der Waals surface area contributed by atoms with Crippen LogP contribution in [0, 0.1) is 0 Å². The van der Waals surface area contributed by atoms with E-state index in [-0.39, 0.29) is 5.54 Å². The molecule has 0 bridgehead atoms. The van der Waals surface area contributed by atoms with Crippen LogP contribution in [0.2, 0.25) is 0 Å². The number of thiophene rings is 1. The van der Waals surface area contributed by atoms with Gasteiger partial charge in [0.15, 0.2) is 0 Å². The summed E-state index contributed by atoms with van der Waals surface area (Å²) in [5.41, 5.74) is 0.0546. The second-order valence-electron chi connectivity index (χ2n) is 6.26. The molecule has 1 amide bonds. The van der Waals surface area contributed by atoms with Crippen LogP contribution in [0.1, 0.15) is 37.0 Å². The predicted octanol–water partition coefficient (Wildman–Crippen LogP) is 3.28. The van der Waals surface area contributed by atoms with Crippen LogP contribution in [0.5, 0.6) is 0 Å². The van der Waals surface area contributed by atoms with Gasteiger partial charge in [-0.25, -0.2) is 0 Å². The van der Waals surface area contributed by atoms with Crippen LogP contribution < -0.4 is 0 Å². The van der Waals surface area contributed by atoms with Crippen LogP contribution in [0.25, 0.3) is 0 Å². The third-order valence-corrected chi connectivity index (χ3v) is 5.67. The molecule has 0 aliphatic carbocycles. The van der Waals surface area contributed by atoms with Crippen LogP contribution in [0.15, 0.2) is 30.2 Å². The van der Waals surface area contributed by atoms with Gasteiger partial charge in [-0.05, 0) is 43.7 Å². The maximum Gasteiger partial charge on any atom is 0.223 e. The zero-order chi connectivity index (χ0) is 14.7. The van der Waals surface area contributed by atoms with E-state index in [1.807, 2.05) is 17.4 Å². The molecule has 1 atom stereocenters. The van der Waals surface area contributed by atoms with E-state index in [1.54, 1.807) is 0 Å². The van der Waals surface area contributed by atoms with E-state index in [0.29, 0.717) is 18.9 Å². The highest BCUT2D eigenvalue weighted by Crippen LogP contribution is 2.37. The first-order chi connectivity index (χ1) is 10.2. The van der Waals surface area contributed by atoms with E-state index in [2.05, 4.69) is 33.9 Å². The predicted molar refractivity (Wildman–Crippen MR) is 87.3 cm³/mol. The summed E-state index contributed by atoms with van der Waals surface area (Å²) in [5, 5.41) is 2.14. The molecule has 0 aromatic carbocycles. The van der Waals surface area contributed by atoms with E-state index in [4.69, 9.17) is 0 Å². The van der Waals surface area contributed by atoms with Gasteiger partial charge in [-0.3, -0.25) is 9.69 Å². The summed E-state index contributed by atoms with van der Waals surface area (Å²) in [6.07, 6.45) is 7.11. The standard InChI is InChI=1S/C17H24N2OS/c1-2-10-19-16(20)7-3-8-17(19)9-5-11-18(14-17)13-15-6-4-12-21-15/h2,4,6,12H,1,3,5,7-11,13-14H2/t17-/m0/s1. The van der Waals surface area contributed by atoms with Gasteiger partial charge in [0.05, 0.1) is 5.54 Å². The van der Waals surface area contributed by atoms with Crippen molar-refractivity contribution in [1.82, 2.24) is 9.80 Å². The van der Waals surface area contributed by atoms with E-state index in [1.165, 1.54) is 11.3 Å². The summed E-state index contributed by atoms with van der Waals surface area (Å²) in [6.45, 7) is 7.73. The van der Waals surface area contributed by atoms with Crippen LogP contribution in [-0.4, -0.2) is 40.9 Å². The minimum atomic E-state index is 0.0546. The second-order valence-corrected chi connectivity index (χ2v) is 7.30. The Kier molecular flexibility index (Phi) is 4.45. The van der Waals surface area contributed by atoms with Crippen LogP contribution >= 0.6 is 11.3 Å². The van der Waals surface area contributed by atoms with Crippen molar-refractivity contribution in [2.75, 3.05) is 19.6 Å². The summed E-state index contributed by atoms with van der Waals surface area (Å²) in [6, 6.07) is 4.33. The summed E-state index contributed by atoms with van der Waals surface area (Å²) >= 11 is 1.82. The van der Waals surface area contributed by atoms with E-state index < -0.39 is 0 Å². The average molecular weight is 304 g/mol. The molecule has 21 heavy (non-hydrogen) atoms. The molecule has 3 rings (SSSR count). The normalized spacial score (nSPS) is 27.2. The maximum absolute atomic E-state index is 12.3. The minimum Gasteiger partial charge on any atom is -0.332 e. The highest BCUT2D eigenvalue weighted by molar-refractivity contribution is 7.09. The molecule has 1 aromatic rings. The largest absolute Gasteiger partial charge is 0.332 e. The van der Waals surface area contributed by atoms with E-state index >= 15 is 0 Å². The summed E-state index contributed by atoms with van der Waals surface area (Å²) in [4.78, 5) is 18.4. The molecule has 2 aliphatic rings. The molecule has 3 heterocycles. The lowest BCUT2D eigenvalue weighted by Crippen LogP contribution is -2.62. The lowest BCUT2D eigenvalue weighted by atomic mass is 9.79. The van der Waals surface area contributed by atoms with Gasteiger partial charge >= 0.3 is 0 Å². The lowest BCUT2D eigenvalue weighted by Gasteiger charge is -2.52.